The maximum Gasteiger partial charge on any atom is 0.408 e. The van der Waals surface area contributed by atoms with Crippen LogP contribution in [0, 0.1) is 0 Å². The molecule has 0 radical (unpaired) electrons. The predicted octanol–water partition coefficient (Wildman–Crippen LogP) is 1.05. The first-order valence-corrected chi connectivity index (χ1v) is 9.06. The molecule has 0 aromatic heterocycles. The Morgan fingerprint density at radius 1 is 1.38 bits per heavy atom. The Morgan fingerprint density at radius 2 is 2.08 bits per heavy atom. The molecule has 142 valence electrons. The lowest BCUT2D eigenvalue weighted by atomic mass is 10.2. The first kappa shape index (κ1) is 20.0. The number of amides is 5. The molecular weight excluding hydrogens is 360 g/mol. The van der Waals surface area contributed by atoms with Crippen LogP contribution in [0.1, 0.15) is 27.7 Å². The number of hydrogen-bond acceptors (Lipinski definition) is 6. The number of rotatable bonds is 5. The van der Waals surface area contributed by atoms with Gasteiger partial charge in [0.05, 0.1) is 5.71 Å². The molecule has 2 rings (SSSR count). The standard InChI is InChI=1S/C16H22N4O5S/c1-9(18-15(24)25-16(2,3)4)12(21)17-6-7-20-13(22)11-10(5-8-26-11)19-14(20)23/h5,8-9,11H,6-7H2,1-4H3,(H,17,21)(H,18,24). The minimum absolute atomic E-state index is 0.0103. The van der Waals surface area contributed by atoms with Crippen LogP contribution < -0.4 is 10.6 Å². The SMILES string of the molecule is CC(NC(=O)OC(C)(C)C)C(=O)NCCN1C(=O)N=C2C=CSC2C1=O. The molecule has 0 saturated heterocycles. The number of ether oxygens (including phenoxy) is 1. The zero-order valence-electron chi connectivity index (χ0n) is 15.1. The van der Waals surface area contributed by atoms with E-state index < -0.39 is 34.9 Å². The number of allylic oxidation sites excluding steroid dienone is 1. The van der Waals surface area contributed by atoms with E-state index in [4.69, 9.17) is 4.74 Å². The van der Waals surface area contributed by atoms with E-state index in [0.29, 0.717) is 5.71 Å². The van der Waals surface area contributed by atoms with E-state index >= 15 is 0 Å². The number of carbonyl (C=O) groups excluding carboxylic acids is 4. The van der Waals surface area contributed by atoms with E-state index in [2.05, 4.69) is 15.6 Å². The van der Waals surface area contributed by atoms with Crippen LogP contribution in [0.4, 0.5) is 9.59 Å². The zero-order valence-corrected chi connectivity index (χ0v) is 15.9. The van der Waals surface area contributed by atoms with Crippen LogP contribution >= 0.6 is 11.8 Å². The fourth-order valence-electron chi connectivity index (χ4n) is 2.23. The zero-order chi connectivity index (χ0) is 19.5. The Balaban J connectivity index is 1.78. The van der Waals surface area contributed by atoms with Crippen LogP contribution in [-0.2, 0) is 14.3 Å². The second kappa shape index (κ2) is 7.90. The Hall–Kier alpha value is -2.36. The lowest BCUT2D eigenvalue weighted by Gasteiger charge is -2.26. The van der Waals surface area contributed by atoms with Crippen molar-refractivity contribution in [2.45, 2.75) is 44.6 Å². The summed E-state index contributed by atoms with van der Waals surface area (Å²) in [4.78, 5) is 52.8. The van der Waals surface area contributed by atoms with Gasteiger partial charge in [-0.25, -0.2) is 9.59 Å². The number of imide groups is 1. The van der Waals surface area contributed by atoms with Crippen LogP contribution in [-0.4, -0.2) is 64.5 Å². The van der Waals surface area contributed by atoms with Gasteiger partial charge in [0.1, 0.15) is 16.9 Å². The molecule has 2 N–H and O–H groups in total. The van der Waals surface area contributed by atoms with Crippen molar-refractivity contribution in [2.75, 3.05) is 13.1 Å². The van der Waals surface area contributed by atoms with Gasteiger partial charge in [-0.05, 0) is 39.2 Å². The quantitative estimate of drug-likeness (QED) is 0.734. The Labute approximate surface area is 155 Å². The van der Waals surface area contributed by atoms with E-state index in [-0.39, 0.29) is 19.0 Å². The third-order valence-corrected chi connectivity index (χ3v) is 4.44. The normalized spacial score (nSPS) is 20.4. The van der Waals surface area contributed by atoms with Gasteiger partial charge in [0.25, 0.3) is 0 Å². The summed E-state index contributed by atoms with van der Waals surface area (Å²) in [6.45, 7) is 6.73. The fourth-order valence-corrected chi connectivity index (χ4v) is 3.12. The van der Waals surface area contributed by atoms with Gasteiger partial charge in [0, 0.05) is 13.1 Å². The van der Waals surface area contributed by atoms with E-state index in [1.54, 1.807) is 32.3 Å². The fraction of sp³-hybridized carbons (Fsp3) is 0.562. The third kappa shape index (κ3) is 5.07. The Morgan fingerprint density at radius 3 is 2.73 bits per heavy atom. The average molecular weight is 382 g/mol. The van der Waals surface area contributed by atoms with Crippen LogP contribution in [0.5, 0.6) is 0 Å². The molecule has 2 aliphatic rings. The summed E-state index contributed by atoms with van der Waals surface area (Å²) in [6, 6.07) is -1.46. The molecule has 2 atom stereocenters. The molecule has 2 heterocycles. The molecule has 0 bridgehead atoms. The maximum absolute atomic E-state index is 12.3. The highest BCUT2D eigenvalue weighted by molar-refractivity contribution is 8.04. The molecule has 10 heteroatoms. The van der Waals surface area contributed by atoms with Gasteiger partial charge >= 0.3 is 12.1 Å². The van der Waals surface area contributed by atoms with E-state index in [1.807, 2.05) is 0 Å². The van der Waals surface area contributed by atoms with Crippen molar-refractivity contribution in [1.29, 1.82) is 0 Å². The van der Waals surface area contributed by atoms with E-state index in [1.165, 1.54) is 18.7 Å². The van der Waals surface area contributed by atoms with Gasteiger partial charge < -0.3 is 15.4 Å². The Bertz CT molecular complexity index is 683. The van der Waals surface area contributed by atoms with Gasteiger partial charge in [-0.1, -0.05) is 0 Å². The molecule has 2 aliphatic heterocycles. The summed E-state index contributed by atoms with van der Waals surface area (Å²) >= 11 is 1.29. The number of nitrogens with one attached hydrogen (secondary N) is 2. The minimum atomic E-state index is -0.822. The number of fused-ring (bicyclic) bond motifs is 1. The number of hydrogen-bond donors (Lipinski definition) is 2. The molecular formula is C16H22N4O5S. The lowest BCUT2D eigenvalue weighted by Crippen LogP contribution is -2.51. The van der Waals surface area contributed by atoms with Crippen molar-refractivity contribution in [3.8, 4) is 0 Å². The van der Waals surface area contributed by atoms with Crippen molar-refractivity contribution in [1.82, 2.24) is 15.5 Å². The molecule has 0 spiro atoms. The summed E-state index contributed by atoms with van der Waals surface area (Å²) < 4.78 is 5.08. The molecule has 0 saturated carbocycles. The number of aliphatic imine (C=N–C) groups is 1. The van der Waals surface area contributed by atoms with Gasteiger partial charge in [-0.3, -0.25) is 14.5 Å². The van der Waals surface area contributed by atoms with Gasteiger partial charge in [-0.15, -0.1) is 11.8 Å². The summed E-state index contributed by atoms with van der Waals surface area (Å²) in [5.74, 6) is -0.793. The molecule has 0 aromatic rings. The summed E-state index contributed by atoms with van der Waals surface area (Å²) in [5, 5.41) is 6.23. The predicted molar refractivity (Wildman–Crippen MR) is 96.9 cm³/mol. The van der Waals surface area contributed by atoms with Gasteiger partial charge in [-0.2, -0.15) is 4.99 Å². The molecule has 0 aliphatic carbocycles. The highest BCUT2D eigenvalue weighted by atomic mass is 32.2. The van der Waals surface area contributed by atoms with Crippen molar-refractivity contribution in [2.24, 2.45) is 4.99 Å². The van der Waals surface area contributed by atoms with Crippen molar-refractivity contribution in [3.05, 3.63) is 11.5 Å². The number of urea groups is 1. The molecule has 2 unspecified atom stereocenters. The largest absolute Gasteiger partial charge is 0.444 e. The number of alkyl carbamates (subject to hydrolysis) is 1. The smallest absolute Gasteiger partial charge is 0.408 e. The summed E-state index contributed by atoms with van der Waals surface area (Å²) in [7, 11) is 0. The van der Waals surface area contributed by atoms with Crippen LogP contribution in [0.25, 0.3) is 0 Å². The third-order valence-electron chi connectivity index (χ3n) is 3.43. The van der Waals surface area contributed by atoms with Crippen LogP contribution in [0.3, 0.4) is 0 Å². The van der Waals surface area contributed by atoms with Crippen LogP contribution in [0.2, 0.25) is 0 Å². The number of carbonyl (C=O) groups is 4. The Kier molecular flexibility index (Phi) is 6.06. The highest BCUT2D eigenvalue weighted by Gasteiger charge is 2.38. The average Bonchev–Trinajstić information content (AvgIpc) is 2.96. The van der Waals surface area contributed by atoms with E-state index in [9.17, 15) is 19.2 Å². The second-order valence-corrected chi connectivity index (χ2v) is 7.80. The van der Waals surface area contributed by atoms with Crippen molar-refractivity contribution >= 4 is 41.4 Å². The number of nitrogens with zero attached hydrogens (tertiary/aromatic N) is 2. The first-order chi connectivity index (χ1) is 12.1. The molecule has 9 nitrogen and oxygen atoms in total. The molecule has 26 heavy (non-hydrogen) atoms. The van der Waals surface area contributed by atoms with E-state index in [0.717, 1.165) is 4.90 Å². The monoisotopic (exact) mass is 382 g/mol. The first-order valence-electron chi connectivity index (χ1n) is 8.11. The molecule has 5 amide bonds. The summed E-state index contributed by atoms with van der Waals surface area (Å²) in [6.07, 6.45) is 0.947. The summed E-state index contributed by atoms with van der Waals surface area (Å²) in [5.41, 5.74) is -0.206. The maximum atomic E-state index is 12.3. The van der Waals surface area contributed by atoms with Crippen molar-refractivity contribution in [3.63, 3.8) is 0 Å². The minimum Gasteiger partial charge on any atom is -0.444 e. The van der Waals surface area contributed by atoms with Crippen molar-refractivity contribution < 1.29 is 23.9 Å². The lowest BCUT2D eigenvalue weighted by molar-refractivity contribution is -0.127. The molecule has 0 fully saturated rings. The topological polar surface area (TPSA) is 117 Å². The van der Waals surface area contributed by atoms with Gasteiger partial charge in [0.15, 0.2) is 0 Å². The second-order valence-electron chi connectivity index (χ2n) is 6.79. The molecule has 0 aromatic carbocycles. The van der Waals surface area contributed by atoms with Gasteiger partial charge in [0.2, 0.25) is 11.8 Å². The van der Waals surface area contributed by atoms with Crippen LogP contribution in [0.15, 0.2) is 16.5 Å². The number of thioether (sulfide) groups is 1. The highest BCUT2D eigenvalue weighted by Crippen LogP contribution is 2.27.